The van der Waals surface area contributed by atoms with Gasteiger partial charge in [-0.1, -0.05) is 30.3 Å². The Hall–Kier alpha value is -2.29. The SMILES string of the molecule is NC(=O)CCc1ccc(Oc2ccccc2)cc1. The van der Waals surface area contributed by atoms with Crippen LogP contribution in [0.4, 0.5) is 0 Å². The average Bonchev–Trinajstić information content (AvgIpc) is 2.39. The number of rotatable bonds is 5. The molecule has 0 aromatic heterocycles. The molecular weight excluding hydrogens is 226 g/mol. The fourth-order valence-electron chi connectivity index (χ4n) is 1.62. The predicted molar refractivity (Wildman–Crippen MR) is 70.5 cm³/mol. The first-order valence-corrected chi connectivity index (χ1v) is 5.84. The van der Waals surface area contributed by atoms with Gasteiger partial charge in [0.1, 0.15) is 11.5 Å². The predicted octanol–water partition coefficient (Wildman–Crippen LogP) is 2.90. The Kier molecular flexibility index (Phi) is 3.97. The molecule has 0 aliphatic rings. The molecule has 0 atom stereocenters. The highest BCUT2D eigenvalue weighted by atomic mass is 16.5. The van der Waals surface area contributed by atoms with Gasteiger partial charge in [0.15, 0.2) is 0 Å². The van der Waals surface area contributed by atoms with Gasteiger partial charge in [0.2, 0.25) is 5.91 Å². The standard InChI is InChI=1S/C15H15NO2/c16-15(17)11-8-12-6-9-14(10-7-12)18-13-4-2-1-3-5-13/h1-7,9-10H,8,11H2,(H2,16,17). The number of carbonyl (C=O) groups excluding carboxylic acids is 1. The van der Waals surface area contributed by atoms with Crippen molar-refractivity contribution in [1.82, 2.24) is 0 Å². The fourth-order valence-corrected chi connectivity index (χ4v) is 1.62. The lowest BCUT2D eigenvalue weighted by Gasteiger charge is -2.06. The summed E-state index contributed by atoms with van der Waals surface area (Å²) in [4.78, 5) is 10.7. The summed E-state index contributed by atoms with van der Waals surface area (Å²) in [5.74, 6) is 1.31. The molecular formula is C15H15NO2. The number of primary amides is 1. The zero-order chi connectivity index (χ0) is 12.8. The van der Waals surface area contributed by atoms with Crippen LogP contribution in [0.1, 0.15) is 12.0 Å². The van der Waals surface area contributed by atoms with Crippen molar-refractivity contribution >= 4 is 5.91 Å². The number of para-hydroxylation sites is 1. The molecule has 0 aliphatic carbocycles. The first-order valence-electron chi connectivity index (χ1n) is 5.84. The summed E-state index contributed by atoms with van der Waals surface area (Å²) in [6.45, 7) is 0. The third-order valence-corrected chi connectivity index (χ3v) is 2.56. The molecule has 1 amide bonds. The lowest BCUT2D eigenvalue weighted by molar-refractivity contribution is -0.117. The van der Waals surface area contributed by atoms with Crippen LogP contribution in [-0.4, -0.2) is 5.91 Å². The number of hydrogen-bond donors (Lipinski definition) is 1. The van der Waals surface area contributed by atoms with E-state index in [9.17, 15) is 4.79 Å². The molecule has 0 unspecified atom stereocenters. The molecule has 0 saturated carbocycles. The van der Waals surface area contributed by atoms with Crippen LogP contribution >= 0.6 is 0 Å². The molecule has 0 radical (unpaired) electrons. The van der Waals surface area contributed by atoms with E-state index in [2.05, 4.69) is 0 Å². The van der Waals surface area contributed by atoms with Crippen molar-refractivity contribution in [1.29, 1.82) is 0 Å². The molecule has 0 bridgehead atoms. The quantitative estimate of drug-likeness (QED) is 0.875. The van der Waals surface area contributed by atoms with Gasteiger partial charge in [-0.3, -0.25) is 4.79 Å². The summed E-state index contributed by atoms with van der Waals surface area (Å²) in [5.41, 5.74) is 6.19. The van der Waals surface area contributed by atoms with Gasteiger partial charge in [-0.25, -0.2) is 0 Å². The zero-order valence-corrected chi connectivity index (χ0v) is 10.0. The molecule has 3 nitrogen and oxygen atoms in total. The van der Waals surface area contributed by atoms with Crippen molar-refractivity contribution < 1.29 is 9.53 Å². The van der Waals surface area contributed by atoms with Gasteiger partial charge in [0.25, 0.3) is 0 Å². The number of benzene rings is 2. The van der Waals surface area contributed by atoms with Gasteiger partial charge in [-0.05, 0) is 36.2 Å². The van der Waals surface area contributed by atoms with Crippen LogP contribution in [0, 0.1) is 0 Å². The third kappa shape index (κ3) is 3.63. The highest BCUT2D eigenvalue weighted by Gasteiger charge is 1.99. The smallest absolute Gasteiger partial charge is 0.217 e. The second kappa shape index (κ2) is 5.87. The van der Waals surface area contributed by atoms with E-state index in [1.54, 1.807) is 0 Å². The molecule has 2 N–H and O–H groups in total. The highest BCUT2D eigenvalue weighted by Crippen LogP contribution is 2.21. The lowest BCUT2D eigenvalue weighted by Crippen LogP contribution is -2.11. The van der Waals surface area contributed by atoms with Crippen molar-refractivity contribution in [2.24, 2.45) is 5.73 Å². The summed E-state index contributed by atoms with van der Waals surface area (Å²) < 4.78 is 5.67. The maximum atomic E-state index is 10.7. The van der Waals surface area contributed by atoms with Crippen molar-refractivity contribution in [3.63, 3.8) is 0 Å². The van der Waals surface area contributed by atoms with E-state index in [4.69, 9.17) is 10.5 Å². The van der Waals surface area contributed by atoms with Crippen LogP contribution in [0.25, 0.3) is 0 Å². The van der Waals surface area contributed by atoms with Crippen molar-refractivity contribution in [2.45, 2.75) is 12.8 Å². The summed E-state index contributed by atoms with van der Waals surface area (Å²) in [5, 5.41) is 0. The molecule has 3 heteroatoms. The third-order valence-electron chi connectivity index (χ3n) is 2.56. The molecule has 92 valence electrons. The molecule has 0 spiro atoms. The largest absolute Gasteiger partial charge is 0.457 e. The average molecular weight is 241 g/mol. The molecule has 2 aromatic rings. The topological polar surface area (TPSA) is 52.3 Å². The molecule has 2 aromatic carbocycles. The molecule has 0 fully saturated rings. The van der Waals surface area contributed by atoms with Gasteiger partial charge in [-0.15, -0.1) is 0 Å². The summed E-state index contributed by atoms with van der Waals surface area (Å²) in [6, 6.07) is 17.3. The maximum absolute atomic E-state index is 10.7. The minimum Gasteiger partial charge on any atom is -0.457 e. The van der Waals surface area contributed by atoms with Gasteiger partial charge < -0.3 is 10.5 Å². The Bertz CT molecular complexity index is 506. The number of aryl methyl sites for hydroxylation is 1. The zero-order valence-electron chi connectivity index (χ0n) is 10.0. The van der Waals surface area contributed by atoms with Crippen LogP contribution in [0.5, 0.6) is 11.5 Å². The lowest BCUT2D eigenvalue weighted by atomic mass is 10.1. The minimum atomic E-state index is -0.278. The summed E-state index contributed by atoms with van der Waals surface area (Å²) in [7, 11) is 0. The Morgan fingerprint density at radius 1 is 0.944 bits per heavy atom. The number of ether oxygens (including phenoxy) is 1. The summed E-state index contributed by atoms with van der Waals surface area (Å²) in [6.07, 6.45) is 1.04. The van der Waals surface area contributed by atoms with E-state index in [1.165, 1.54) is 0 Å². The molecule has 0 saturated heterocycles. The van der Waals surface area contributed by atoms with E-state index in [0.29, 0.717) is 12.8 Å². The Labute approximate surface area is 106 Å². The van der Waals surface area contributed by atoms with E-state index >= 15 is 0 Å². The Morgan fingerprint density at radius 3 is 2.17 bits per heavy atom. The Balaban J connectivity index is 1.97. The van der Waals surface area contributed by atoms with Crippen LogP contribution in [0.3, 0.4) is 0 Å². The van der Waals surface area contributed by atoms with E-state index < -0.39 is 0 Å². The number of amides is 1. The van der Waals surface area contributed by atoms with Gasteiger partial charge >= 0.3 is 0 Å². The number of carbonyl (C=O) groups is 1. The van der Waals surface area contributed by atoms with Gasteiger partial charge in [-0.2, -0.15) is 0 Å². The van der Waals surface area contributed by atoms with Crippen molar-refractivity contribution in [2.75, 3.05) is 0 Å². The first-order chi connectivity index (χ1) is 8.74. The van der Waals surface area contributed by atoms with E-state index in [-0.39, 0.29) is 5.91 Å². The second-order valence-corrected chi connectivity index (χ2v) is 4.03. The Morgan fingerprint density at radius 2 is 1.56 bits per heavy atom. The molecule has 2 rings (SSSR count). The first kappa shape index (κ1) is 12.2. The molecule has 0 heterocycles. The van der Waals surface area contributed by atoms with Crippen LogP contribution in [0.15, 0.2) is 54.6 Å². The highest BCUT2D eigenvalue weighted by molar-refractivity contribution is 5.74. The van der Waals surface area contributed by atoms with Crippen LogP contribution in [-0.2, 0) is 11.2 Å². The fraction of sp³-hybridized carbons (Fsp3) is 0.133. The van der Waals surface area contributed by atoms with Gasteiger partial charge in [0, 0.05) is 6.42 Å². The maximum Gasteiger partial charge on any atom is 0.217 e. The minimum absolute atomic E-state index is 0.278. The number of hydrogen-bond acceptors (Lipinski definition) is 2. The van der Waals surface area contributed by atoms with Crippen molar-refractivity contribution in [3.8, 4) is 11.5 Å². The summed E-state index contributed by atoms with van der Waals surface area (Å²) >= 11 is 0. The van der Waals surface area contributed by atoms with Gasteiger partial charge in [0.05, 0.1) is 0 Å². The number of nitrogens with two attached hydrogens (primary N) is 1. The van der Waals surface area contributed by atoms with E-state index in [1.807, 2.05) is 54.6 Å². The van der Waals surface area contributed by atoms with E-state index in [0.717, 1.165) is 17.1 Å². The molecule has 0 aliphatic heterocycles. The van der Waals surface area contributed by atoms with Crippen molar-refractivity contribution in [3.05, 3.63) is 60.2 Å². The monoisotopic (exact) mass is 241 g/mol. The normalized spacial score (nSPS) is 10.0. The second-order valence-electron chi connectivity index (χ2n) is 4.03. The molecule has 18 heavy (non-hydrogen) atoms. The van der Waals surface area contributed by atoms with Crippen LogP contribution in [0.2, 0.25) is 0 Å². The van der Waals surface area contributed by atoms with Crippen LogP contribution < -0.4 is 10.5 Å².